The quantitative estimate of drug-likeness (QED) is 0.801. The molecule has 1 aromatic carbocycles. The Morgan fingerprint density at radius 2 is 1.80 bits per heavy atom. The van der Waals surface area contributed by atoms with Gasteiger partial charge in [0, 0.05) is 4.90 Å². The highest BCUT2D eigenvalue weighted by Crippen LogP contribution is 2.35. The van der Waals surface area contributed by atoms with Gasteiger partial charge in [-0.3, -0.25) is 4.79 Å². The molecule has 0 bridgehead atoms. The molecule has 1 unspecified atom stereocenters. The minimum atomic E-state index is -0.753. The number of thioether (sulfide) groups is 1. The summed E-state index contributed by atoms with van der Waals surface area (Å²) in [6, 6.07) is 9.64. The van der Waals surface area contributed by atoms with Gasteiger partial charge in [0.15, 0.2) is 0 Å². The number of aliphatic carboxylic acids is 1. The molecular weight excluding hydrogens is 208 g/mol. The fourth-order valence-corrected chi connectivity index (χ4v) is 2.27. The van der Waals surface area contributed by atoms with Crippen molar-refractivity contribution in [3.05, 3.63) is 30.3 Å². The predicted octanol–water partition coefficient (Wildman–Crippen LogP) is 3.28. The second kappa shape index (κ2) is 4.71. The molecule has 0 aliphatic carbocycles. The van der Waals surface area contributed by atoms with E-state index in [-0.39, 0.29) is 5.41 Å². The molecule has 1 rings (SSSR count). The fraction of sp³-hybridized carbons (Fsp3) is 0.417. The number of hydrogen-bond donors (Lipinski definition) is 1. The van der Waals surface area contributed by atoms with Crippen molar-refractivity contribution in [2.45, 2.75) is 30.9 Å². The predicted molar refractivity (Wildman–Crippen MR) is 63.2 cm³/mol. The molecule has 0 amide bonds. The van der Waals surface area contributed by atoms with E-state index in [2.05, 4.69) is 0 Å². The normalized spacial score (nSPS) is 13.5. The molecule has 0 aliphatic rings. The third-order valence-electron chi connectivity index (χ3n) is 2.01. The largest absolute Gasteiger partial charge is 0.480 e. The Kier molecular flexibility index (Phi) is 3.80. The van der Waals surface area contributed by atoms with Crippen LogP contribution in [0.1, 0.15) is 20.8 Å². The Bertz CT molecular complexity index is 327. The molecular formula is C12H16O2S. The summed E-state index contributed by atoms with van der Waals surface area (Å²) in [6.45, 7) is 5.84. The van der Waals surface area contributed by atoms with E-state index in [1.165, 1.54) is 11.8 Å². The van der Waals surface area contributed by atoms with Crippen molar-refractivity contribution in [1.29, 1.82) is 0 Å². The average molecular weight is 224 g/mol. The van der Waals surface area contributed by atoms with E-state index < -0.39 is 11.2 Å². The number of carboxylic acids is 1. The molecule has 0 spiro atoms. The number of rotatable bonds is 3. The van der Waals surface area contributed by atoms with E-state index in [0.29, 0.717) is 0 Å². The van der Waals surface area contributed by atoms with Gasteiger partial charge in [0.2, 0.25) is 0 Å². The maximum absolute atomic E-state index is 11.1. The lowest BCUT2D eigenvalue weighted by atomic mass is 9.92. The Labute approximate surface area is 94.7 Å². The van der Waals surface area contributed by atoms with Gasteiger partial charge in [-0.25, -0.2) is 0 Å². The van der Waals surface area contributed by atoms with E-state index in [9.17, 15) is 4.79 Å². The van der Waals surface area contributed by atoms with Crippen LogP contribution >= 0.6 is 11.8 Å². The zero-order valence-corrected chi connectivity index (χ0v) is 10.0. The summed E-state index contributed by atoms with van der Waals surface area (Å²) in [5, 5.41) is 8.73. The molecule has 82 valence electrons. The van der Waals surface area contributed by atoms with Crippen molar-refractivity contribution in [3.63, 3.8) is 0 Å². The van der Waals surface area contributed by atoms with Gasteiger partial charge in [0.25, 0.3) is 0 Å². The Morgan fingerprint density at radius 1 is 1.27 bits per heavy atom. The zero-order valence-electron chi connectivity index (χ0n) is 9.23. The van der Waals surface area contributed by atoms with Gasteiger partial charge in [0.05, 0.1) is 0 Å². The van der Waals surface area contributed by atoms with E-state index >= 15 is 0 Å². The van der Waals surface area contributed by atoms with Crippen LogP contribution in [0.3, 0.4) is 0 Å². The van der Waals surface area contributed by atoms with Crippen molar-refractivity contribution in [1.82, 2.24) is 0 Å². The van der Waals surface area contributed by atoms with Gasteiger partial charge in [-0.15, -0.1) is 11.8 Å². The first-order valence-corrected chi connectivity index (χ1v) is 5.74. The summed E-state index contributed by atoms with van der Waals surface area (Å²) in [6.07, 6.45) is 0. The molecule has 0 saturated heterocycles. The molecule has 0 aromatic heterocycles. The van der Waals surface area contributed by atoms with Crippen molar-refractivity contribution in [2.75, 3.05) is 0 Å². The van der Waals surface area contributed by atoms with Gasteiger partial charge in [0.1, 0.15) is 5.25 Å². The molecule has 2 nitrogen and oxygen atoms in total. The Hall–Kier alpha value is -0.960. The highest BCUT2D eigenvalue weighted by Gasteiger charge is 2.31. The SMILES string of the molecule is CC(C)(C)C(Sc1ccccc1)C(=O)O. The monoisotopic (exact) mass is 224 g/mol. The highest BCUT2D eigenvalue weighted by atomic mass is 32.2. The molecule has 0 fully saturated rings. The molecule has 1 N–H and O–H groups in total. The highest BCUT2D eigenvalue weighted by molar-refractivity contribution is 8.00. The van der Waals surface area contributed by atoms with Crippen molar-refractivity contribution in [2.24, 2.45) is 5.41 Å². The summed E-state index contributed by atoms with van der Waals surface area (Å²) in [5.74, 6) is -0.753. The lowest BCUT2D eigenvalue weighted by Crippen LogP contribution is -2.31. The van der Waals surface area contributed by atoms with Crippen LogP contribution in [0.4, 0.5) is 0 Å². The van der Waals surface area contributed by atoms with Crippen LogP contribution in [-0.4, -0.2) is 16.3 Å². The lowest BCUT2D eigenvalue weighted by Gasteiger charge is -2.26. The smallest absolute Gasteiger partial charge is 0.317 e. The van der Waals surface area contributed by atoms with Crippen molar-refractivity contribution in [3.8, 4) is 0 Å². The van der Waals surface area contributed by atoms with Crippen LogP contribution in [0.15, 0.2) is 35.2 Å². The Morgan fingerprint density at radius 3 is 2.20 bits per heavy atom. The summed E-state index contributed by atoms with van der Waals surface area (Å²) in [5.41, 5.74) is -0.244. The molecule has 0 saturated carbocycles. The molecule has 1 aromatic rings. The van der Waals surface area contributed by atoms with Crippen LogP contribution in [0.2, 0.25) is 0 Å². The van der Waals surface area contributed by atoms with Crippen LogP contribution in [0.25, 0.3) is 0 Å². The van der Waals surface area contributed by atoms with Gasteiger partial charge in [-0.05, 0) is 17.5 Å². The van der Waals surface area contributed by atoms with E-state index in [4.69, 9.17) is 5.11 Å². The average Bonchev–Trinajstić information content (AvgIpc) is 2.13. The molecule has 3 heteroatoms. The van der Waals surface area contributed by atoms with Crippen LogP contribution in [0, 0.1) is 5.41 Å². The molecule has 0 heterocycles. The number of carbonyl (C=O) groups is 1. The molecule has 0 radical (unpaired) electrons. The minimum Gasteiger partial charge on any atom is -0.480 e. The van der Waals surface area contributed by atoms with Gasteiger partial charge < -0.3 is 5.11 Å². The first-order valence-electron chi connectivity index (χ1n) is 4.86. The van der Waals surface area contributed by atoms with Gasteiger partial charge in [-0.1, -0.05) is 39.0 Å². The van der Waals surface area contributed by atoms with Crippen LogP contribution in [-0.2, 0) is 4.79 Å². The third kappa shape index (κ3) is 3.59. The van der Waals surface area contributed by atoms with Crippen molar-refractivity contribution >= 4 is 17.7 Å². The topological polar surface area (TPSA) is 37.3 Å². The molecule has 15 heavy (non-hydrogen) atoms. The molecule has 0 aliphatic heterocycles. The lowest BCUT2D eigenvalue weighted by molar-refractivity contribution is -0.138. The zero-order chi connectivity index (χ0) is 11.5. The van der Waals surface area contributed by atoms with Gasteiger partial charge >= 0.3 is 5.97 Å². The van der Waals surface area contributed by atoms with E-state index in [1.807, 2.05) is 51.1 Å². The number of carboxylic acid groups (broad SMARTS) is 1. The maximum atomic E-state index is 11.1. The maximum Gasteiger partial charge on any atom is 0.317 e. The minimum absolute atomic E-state index is 0.244. The summed E-state index contributed by atoms with van der Waals surface area (Å²) in [7, 11) is 0. The first kappa shape index (κ1) is 12.1. The second-order valence-corrected chi connectivity index (χ2v) is 5.69. The third-order valence-corrected chi connectivity index (χ3v) is 3.70. The van der Waals surface area contributed by atoms with Gasteiger partial charge in [-0.2, -0.15) is 0 Å². The standard InChI is InChI=1S/C12H16O2S/c1-12(2,3)10(11(13)14)15-9-7-5-4-6-8-9/h4-8,10H,1-3H3,(H,13,14). The van der Waals surface area contributed by atoms with Crippen LogP contribution in [0.5, 0.6) is 0 Å². The fourth-order valence-electron chi connectivity index (χ4n) is 1.23. The molecule has 1 atom stereocenters. The number of benzene rings is 1. The summed E-state index contributed by atoms with van der Waals surface area (Å²) >= 11 is 1.40. The second-order valence-electron chi connectivity index (χ2n) is 4.52. The van der Waals surface area contributed by atoms with E-state index in [0.717, 1.165) is 4.90 Å². The summed E-state index contributed by atoms with van der Waals surface area (Å²) < 4.78 is 0. The number of hydrogen-bond acceptors (Lipinski definition) is 2. The summed E-state index contributed by atoms with van der Waals surface area (Å²) in [4.78, 5) is 12.1. The van der Waals surface area contributed by atoms with Crippen LogP contribution < -0.4 is 0 Å². The first-order chi connectivity index (χ1) is 6.91. The van der Waals surface area contributed by atoms with E-state index in [1.54, 1.807) is 0 Å². The Balaban J connectivity index is 2.82. The van der Waals surface area contributed by atoms with Crippen molar-refractivity contribution < 1.29 is 9.90 Å².